The summed E-state index contributed by atoms with van der Waals surface area (Å²) in [5.74, 6) is 0.727. The van der Waals surface area contributed by atoms with Crippen LogP contribution in [0.1, 0.15) is 43.6 Å². The van der Waals surface area contributed by atoms with E-state index in [1.54, 1.807) is 61.5 Å². The number of methoxy groups -OCH3 is 1. The van der Waals surface area contributed by atoms with E-state index in [2.05, 4.69) is 0 Å². The van der Waals surface area contributed by atoms with E-state index in [1.165, 1.54) is 6.92 Å². The van der Waals surface area contributed by atoms with E-state index >= 15 is 0 Å². The highest BCUT2D eigenvalue weighted by molar-refractivity contribution is 5.92. The molecule has 0 aliphatic rings. The number of ether oxygens (including phenoxy) is 3. The molecule has 2 aromatic carbocycles. The van der Waals surface area contributed by atoms with Gasteiger partial charge in [0.05, 0.1) is 12.7 Å². The van der Waals surface area contributed by atoms with Gasteiger partial charge in [0.1, 0.15) is 23.7 Å². The van der Waals surface area contributed by atoms with E-state index in [-0.39, 0.29) is 12.5 Å². The second-order valence-electron chi connectivity index (χ2n) is 7.39. The Labute approximate surface area is 166 Å². The Morgan fingerprint density at radius 3 is 2.14 bits per heavy atom. The van der Waals surface area contributed by atoms with Gasteiger partial charge in [-0.05, 0) is 57.2 Å². The highest BCUT2D eigenvalue weighted by Gasteiger charge is 2.21. The zero-order valence-electron chi connectivity index (χ0n) is 17.2. The predicted octanol–water partition coefficient (Wildman–Crippen LogP) is 4.21. The van der Waals surface area contributed by atoms with Crippen molar-refractivity contribution >= 4 is 17.6 Å². The SMILES string of the molecule is COc1ccc(COc2ccc(N(C)C(C)=O)cc2)c(C(=O)OC(C)(C)C)c1. The first-order chi connectivity index (χ1) is 13.1. The summed E-state index contributed by atoms with van der Waals surface area (Å²) in [5, 5.41) is 0. The van der Waals surface area contributed by atoms with Crippen LogP contribution in [0.4, 0.5) is 5.69 Å². The van der Waals surface area contributed by atoms with E-state index in [0.717, 1.165) is 5.69 Å². The standard InChI is InChI=1S/C22H27NO5/c1-15(24)23(5)17-8-11-18(12-9-17)27-14-16-7-10-19(26-6)13-20(16)21(25)28-22(2,3)4/h7-13H,14H2,1-6H3. The Morgan fingerprint density at radius 2 is 1.61 bits per heavy atom. The molecule has 0 aromatic heterocycles. The fourth-order valence-electron chi connectivity index (χ4n) is 2.44. The number of carbonyl (C=O) groups is 2. The number of amides is 1. The summed E-state index contributed by atoms with van der Waals surface area (Å²) in [5.41, 5.74) is 1.28. The van der Waals surface area contributed by atoms with Crippen LogP contribution in [0.2, 0.25) is 0 Å². The van der Waals surface area contributed by atoms with Crippen LogP contribution < -0.4 is 14.4 Å². The van der Waals surface area contributed by atoms with E-state index < -0.39 is 11.6 Å². The molecule has 0 heterocycles. The zero-order chi connectivity index (χ0) is 20.9. The van der Waals surface area contributed by atoms with Crippen LogP contribution in [-0.2, 0) is 16.1 Å². The molecule has 0 aliphatic heterocycles. The second kappa shape index (κ2) is 8.78. The molecule has 0 saturated carbocycles. The molecular formula is C22H27NO5. The summed E-state index contributed by atoms with van der Waals surface area (Å²) in [6.45, 7) is 7.16. The molecule has 0 atom stereocenters. The molecule has 1 amide bonds. The van der Waals surface area contributed by atoms with Crippen molar-refractivity contribution < 1.29 is 23.8 Å². The molecule has 150 valence electrons. The molecule has 0 fully saturated rings. The van der Waals surface area contributed by atoms with Crippen LogP contribution in [0.25, 0.3) is 0 Å². The van der Waals surface area contributed by atoms with Gasteiger partial charge in [0.25, 0.3) is 0 Å². The van der Waals surface area contributed by atoms with Crippen LogP contribution in [0.5, 0.6) is 11.5 Å². The molecule has 0 saturated heterocycles. The van der Waals surface area contributed by atoms with Crippen molar-refractivity contribution in [2.75, 3.05) is 19.1 Å². The molecule has 0 bridgehead atoms. The minimum atomic E-state index is -0.600. The molecule has 6 heteroatoms. The van der Waals surface area contributed by atoms with Gasteiger partial charge in [0.15, 0.2) is 0 Å². The number of nitrogens with zero attached hydrogens (tertiary/aromatic N) is 1. The fraction of sp³-hybridized carbons (Fsp3) is 0.364. The Hall–Kier alpha value is -3.02. The van der Waals surface area contributed by atoms with Crippen molar-refractivity contribution in [2.24, 2.45) is 0 Å². The molecule has 2 rings (SSSR count). The molecule has 0 spiro atoms. The van der Waals surface area contributed by atoms with Crippen LogP contribution in [-0.4, -0.2) is 31.6 Å². The maximum atomic E-state index is 12.6. The summed E-state index contributed by atoms with van der Waals surface area (Å²) < 4.78 is 16.5. The predicted molar refractivity (Wildman–Crippen MR) is 108 cm³/mol. The van der Waals surface area contributed by atoms with E-state index in [0.29, 0.717) is 22.6 Å². The summed E-state index contributed by atoms with van der Waals surface area (Å²) in [6, 6.07) is 12.4. The number of anilines is 1. The van der Waals surface area contributed by atoms with Gasteiger partial charge < -0.3 is 19.1 Å². The summed E-state index contributed by atoms with van der Waals surface area (Å²) >= 11 is 0. The number of esters is 1. The molecule has 28 heavy (non-hydrogen) atoms. The third-order valence-electron chi connectivity index (χ3n) is 4.03. The first kappa shape index (κ1) is 21.3. The summed E-state index contributed by atoms with van der Waals surface area (Å²) in [7, 11) is 3.26. The quantitative estimate of drug-likeness (QED) is 0.697. The smallest absolute Gasteiger partial charge is 0.339 e. The molecule has 2 aromatic rings. The summed E-state index contributed by atoms with van der Waals surface area (Å²) in [6.07, 6.45) is 0. The summed E-state index contributed by atoms with van der Waals surface area (Å²) in [4.78, 5) is 25.6. The van der Waals surface area contributed by atoms with Gasteiger partial charge in [-0.2, -0.15) is 0 Å². The van der Waals surface area contributed by atoms with Gasteiger partial charge in [-0.1, -0.05) is 6.07 Å². The van der Waals surface area contributed by atoms with Crippen LogP contribution in [0.3, 0.4) is 0 Å². The van der Waals surface area contributed by atoms with Crippen molar-refractivity contribution in [1.82, 2.24) is 0 Å². The molecule has 0 N–H and O–H groups in total. The van der Waals surface area contributed by atoms with Gasteiger partial charge in [0.2, 0.25) is 5.91 Å². The third kappa shape index (κ3) is 5.74. The molecular weight excluding hydrogens is 358 g/mol. The van der Waals surface area contributed by atoms with Crippen LogP contribution in [0.15, 0.2) is 42.5 Å². The normalized spacial score (nSPS) is 10.9. The average Bonchev–Trinajstić information content (AvgIpc) is 2.64. The maximum absolute atomic E-state index is 12.6. The molecule has 0 aliphatic carbocycles. The first-order valence-corrected chi connectivity index (χ1v) is 8.98. The molecule has 0 unspecified atom stereocenters. The van der Waals surface area contributed by atoms with Crippen molar-refractivity contribution in [1.29, 1.82) is 0 Å². The number of rotatable bonds is 6. The minimum absolute atomic E-state index is 0.0473. The van der Waals surface area contributed by atoms with E-state index in [9.17, 15) is 9.59 Å². The number of hydrogen-bond donors (Lipinski definition) is 0. The van der Waals surface area contributed by atoms with Gasteiger partial charge >= 0.3 is 5.97 Å². The molecule has 6 nitrogen and oxygen atoms in total. The number of benzene rings is 2. The lowest BCUT2D eigenvalue weighted by Crippen LogP contribution is -2.24. The number of hydrogen-bond acceptors (Lipinski definition) is 5. The van der Waals surface area contributed by atoms with E-state index in [1.807, 2.05) is 20.8 Å². The Balaban J connectivity index is 2.17. The van der Waals surface area contributed by atoms with Gasteiger partial charge in [0, 0.05) is 25.2 Å². The second-order valence-corrected chi connectivity index (χ2v) is 7.39. The Morgan fingerprint density at radius 1 is 1.00 bits per heavy atom. The minimum Gasteiger partial charge on any atom is -0.497 e. The fourth-order valence-corrected chi connectivity index (χ4v) is 2.44. The first-order valence-electron chi connectivity index (χ1n) is 8.98. The monoisotopic (exact) mass is 385 g/mol. The average molecular weight is 385 g/mol. The highest BCUT2D eigenvalue weighted by Crippen LogP contribution is 2.24. The Bertz CT molecular complexity index is 837. The van der Waals surface area contributed by atoms with Crippen molar-refractivity contribution in [3.8, 4) is 11.5 Å². The van der Waals surface area contributed by atoms with Crippen molar-refractivity contribution in [3.63, 3.8) is 0 Å². The molecule has 0 radical (unpaired) electrons. The largest absolute Gasteiger partial charge is 0.497 e. The van der Waals surface area contributed by atoms with Crippen molar-refractivity contribution in [2.45, 2.75) is 39.9 Å². The van der Waals surface area contributed by atoms with Gasteiger partial charge in [-0.3, -0.25) is 4.79 Å². The van der Waals surface area contributed by atoms with Gasteiger partial charge in [-0.25, -0.2) is 4.79 Å². The maximum Gasteiger partial charge on any atom is 0.339 e. The lowest BCUT2D eigenvalue weighted by atomic mass is 10.1. The van der Waals surface area contributed by atoms with Crippen LogP contribution >= 0.6 is 0 Å². The lowest BCUT2D eigenvalue weighted by molar-refractivity contribution is -0.116. The van der Waals surface area contributed by atoms with Crippen molar-refractivity contribution in [3.05, 3.63) is 53.6 Å². The lowest BCUT2D eigenvalue weighted by Gasteiger charge is -2.21. The highest BCUT2D eigenvalue weighted by atomic mass is 16.6. The van der Waals surface area contributed by atoms with Gasteiger partial charge in [-0.15, -0.1) is 0 Å². The number of carbonyl (C=O) groups excluding carboxylic acids is 2. The van der Waals surface area contributed by atoms with Crippen LogP contribution in [0, 0.1) is 0 Å². The van der Waals surface area contributed by atoms with E-state index in [4.69, 9.17) is 14.2 Å². The topological polar surface area (TPSA) is 65.1 Å². The third-order valence-corrected chi connectivity index (χ3v) is 4.03. The zero-order valence-corrected chi connectivity index (χ0v) is 17.2. The Kier molecular flexibility index (Phi) is 6.67.